The summed E-state index contributed by atoms with van der Waals surface area (Å²) < 4.78 is 34.1. The summed E-state index contributed by atoms with van der Waals surface area (Å²) in [5.41, 5.74) is 6.26. The Morgan fingerprint density at radius 1 is 1.27 bits per heavy atom. The first-order chi connectivity index (χ1) is 12.3. The summed E-state index contributed by atoms with van der Waals surface area (Å²) in [5.74, 6) is -1.87. The zero-order valence-electron chi connectivity index (χ0n) is 14.0. The maximum absolute atomic E-state index is 14.5. The van der Waals surface area contributed by atoms with Gasteiger partial charge in [0, 0.05) is 12.6 Å². The van der Waals surface area contributed by atoms with Crippen molar-refractivity contribution in [1.29, 1.82) is 0 Å². The molecular weight excluding hydrogens is 344 g/mol. The van der Waals surface area contributed by atoms with E-state index in [0.29, 0.717) is 11.3 Å². The molecule has 0 radical (unpaired) electrons. The quantitative estimate of drug-likeness (QED) is 0.820. The SMILES string of the molecule is CC(=O)NC[C@H]1CN(c2cc(F)c(-c3ccc(N)cc3)c(F)c2)C(=O)O1. The molecule has 26 heavy (non-hydrogen) atoms. The van der Waals surface area contributed by atoms with Crippen LogP contribution in [0.4, 0.5) is 25.0 Å². The third-order valence-corrected chi connectivity index (χ3v) is 3.99. The van der Waals surface area contributed by atoms with Crippen LogP contribution in [0.2, 0.25) is 0 Å². The summed E-state index contributed by atoms with van der Waals surface area (Å²) in [5, 5.41) is 2.54. The van der Waals surface area contributed by atoms with Gasteiger partial charge in [-0.1, -0.05) is 12.1 Å². The van der Waals surface area contributed by atoms with Crippen molar-refractivity contribution >= 4 is 23.4 Å². The summed E-state index contributed by atoms with van der Waals surface area (Å²) in [6.07, 6.45) is -1.31. The Morgan fingerprint density at radius 3 is 2.46 bits per heavy atom. The molecule has 0 spiro atoms. The molecule has 1 fully saturated rings. The second kappa shape index (κ2) is 6.99. The van der Waals surface area contributed by atoms with Crippen LogP contribution in [0.15, 0.2) is 36.4 Å². The van der Waals surface area contributed by atoms with Crippen molar-refractivity contribution in [2.24, 2.45) is 0 Å². The van der Waals surface area contributed by atoms with Gasteiger partial charge in [0.15, 0.2) is 0 Å². The average molecular weight is 361 g/mol. The Labute approximate surface area is 148 Å². The molecule has 3 N–H and O–H groups in total. The molecule has 0 unspecified atom stereocenters. The number of nitrogens with one attached hydrogen (secondary N) is 1. The molecule has 0 saturated carbocycles. The first-order valence-electron chi connectivity index (χ1n) is 7.92. The second-order valence-electron chi connectivity index (χ2n) is 5.96. The Balaban J connectivity index is 1.85. The standard InChI is InChI=1S/C18H17F2N3O3/c1-10(24)22-8-14-9-23(18(25)26-14)13-6-15(19)17(16(20)7-13)11-2-4-12(21)5-3-11/h2-7,14H,8-9,21H2,1H3,(H,22,24)/t14-/m0/s1. The lowest BCUT2D eigenvalue weighted by molar-refractivity contribution is -0.119. The van der Waals surface area contributed by atoms with E-state index in [1.807, 2.05) is 0 Å². The van der Waals surface area contributed by atoms with Gasteiger partial charge in [0.25, 0.3) is 0 Å². The number of rotatable bonds is 4. The smallest absolute Gasteiger partial charge is 0.414 e. The van der Waals surface area contributed by atoms with E-state index in [2.05, 4.69) is 5.32 Å². The fourth-order valence-corrected chi connectivity index (χ4v) is 2.74. The second-order valence-corrected chi connectivity index (χ2v) is 5.96. The first-order valence-corrected chi connectivity index (χ1v) is 7.92. The summed E-state index contributed by atoms with van der Waals surface area (Å²) in [6, 6.07) is 8.29. The third-order valence-electron chi connectivity index (χ3n) is 3.99. The van der Waals surface area contributed by atoms with E-state index in [1.54, 1.807) is 12.1 Å². The molecule has 0 bridgehead atoms. The number of carbonyl (C=O) groups excluding carboxylic acids is 2. The van der Waals surface area contributed by atoms with Crippen molar-refractivity contribution in [3.05, 3.63) is 48.0 Å². The number of hydrogen-bond acceptors (Lipinski definition) is 4. The van der Waals surface area contributed by atoms with Gasteiger partial charge in [-0.3, -0.25) is 9.69 Å². The molecular formula is C18H17F2N3O3. The number of amides is 2. The summed E-state index contributed by atoms with van der Waals surface area (Å²) >= 11 is 0. The van der Waals surface area contributed by atoms with Gasteiger partial charge in [0.1, 0.15) is 17.7 Å². The molecule has 2 amide bonds. The molecule has 2 aromatic carbocycles. The van der Waals surface area contributed by atoms with Gasteiger partial charge in [-0.05, 0) is 29.8 Å². The molecule has 1 aliphatic heterocycles. The molecule has 1 atom stereocenters. The number of nitrogens with zero attached hydrogens (tertiary/aromatic N) is 1. The van der Waals surface area contributed by atoms with Crippen LogP contribution >= 0.6 is 0 Å². The third kappa shape index (κ3) is 3.58. The summed E-state index contributed by atoms with van der Waals surface area (Å²) in [4.78, 5) is 24.1. The lowest BCUT2D eigenvalue weighted by atomic mass is 10.0. The van der Waals surface area contributed by atoms with Gasteiger partial charge in [-0.25, -0.2) is 13.6 Å². The van der Waals surface area contributed by atoms with Gasteiger partial charge in [0.05, 0.1) is 24.3 Å². The van der Waals surface area contributed by atoms with Crippen LogP contribution in [-0.4, -0.2) is 31.2 Å². The number of hydrogen-bond donors (Lipinski definition) is 2. The number of cyclic esters (lactones) is 1. The predicted octanol–water partition coefficient (Wildman–Crippen LogP) is 2.68. The van der Waals surface area contributed by atoms with Crippen molar-refractivity contribution in [2.45, 2.75) is 13.0 Å². The van der Waals surface area contributed by atoms with Crippen molar-refractivity contribution in [1.82, 2.24) is 5.32 Å². The van der Waals surface area contributed by atoms with Crippen LogP contribution in [0, 0.1) is 11.6 Å². The fraction of sp³-hybridized carbons (Fsp3) is 0.222. The molecule has 8 heteroatoms. The fourth-order valence-electron chi connectivity index (χ4n) is 2.74. The van der Waals surface area contributed by atoms with Crippen molar-refractivity contribution < 1.29 is 23.1 Å². The summed E-state index contributed by atoms with van der Waals surface area (Å²) in [6.45, 7) is 1.56. The van der Waals surface area contributed by atoms with Crippen molar-refractivity contribution in [2.75, 3.05) is 23.7 Å². The molecule has 1 heterocycles. The Hall–Kier alpha value is -3.16. The molecule has 1 saturated heterocycles. The van der Waals surface area contributed by atoms with Crippen molar-refractivity contribution in [3.63, 3.8) is 0 Å². The molecule has 136 valence electrons. The molecule has 2 aromatic rings. The van der Waals surface area contributed by atoms with Crippen LogP contribution in [0.25, 0.3) is 11.1 Å². The van der Waals surface area contributed by atoms with E-state index in [0.717, 1.165) is 17.0 Å². The molecule has 6 nitrogen and oxygen atoms in total. The Bertz CT molecular complexity index is 832. The van der Waals surface area contributed by atoms with Crippen LogP contribution in [0.1, 0.15) is 6.92 Å². The highest BCUT2D eigenvalue weighted by Gasteiger charge is 2.33. The maximum atomic E-state index is 14.5. The topological polar surface area (TPSA) is 84.7 Å². The van der Waals surface area contributed by atoms with Gasteiger partial charge >= 0.3 is 6.09 Å². The minimum atomic E-state index is -0.803. The average Bonchev–Trinajstić information content (AvgIpc) is 2.95. The van der Waals surface area contributed by atoms with Gasteiger partial charge in [0.2, 0.25) is 5.91 Å². The lowest BCUT2D eigenvalue weighted by Gasteiger charge is -2.15. The normalized spacial score (nSPS) is 16.5. The van der Waals surface area contributed by atoms with Gasteiger partial charge in [-0.2, -0.15) is 0 Å². The predicted molar refractivity (Wildman–Crippen MR) is 92.5 cm³/mol. The van der Waals surface area contributed by atoms with Crippen LogP contribution < -0.4 is 16.0 Å². The van der Waals surface area contributed by atoms with E-state index < -0.39 is 23.8 Å². The largest absolute Gasteiger partial charge is 0.442 e. The minimum Gasteiger partial charge on any atom is -0.442 e. The number of nitrogen functional groups attached to an aromatic ring is 1. The highest BCUT2D eigenvalue weighted by molar-refractivity contribution is 5.90. The van der Waals surface area contributed by atoms with Crippen molar-refractivity contribution in [3.8, 4) is 11.1 Å². The Morgan fingerprint density at radius 2 is 1.88 bits per heavy atom. The number of carbonyl (C=O) groups is 2. The van der Waals surface area contributed by atoms with Gasteiger partial charge < -0.3 is 15.8 Å². The van der Waals surface area contributed by atoms with Gasteiger partial charge in [-0.15, -0.1) is 0 Å². The number of halogens is 2. The zero-order valence-corrected chi connectivity index (χ0v) is 14.0. The van der Waals surface area contributed by atoms with E-state index in [4.69, 9.17) is 10.5 Å². The highest BCUT2D eigenvalue weighted by Crippen LogP contribution is 2.32. The van der Waals surface area contributed by atoms with E-state index in [-0.39, 0.29) is 30.2 Å². The molecule has 1 aliphatic rings. The van der Waals surface area contributed by atoms with E-state index >= 15 is 0 Å². The maximum Gasteiger partial charge on any atom is 0.414 e. The summed E-state index contributed by atoms with van der Waals surface area (Å²) in [7, 11) is 0. The Kier molecular flexibility index (Phi) is 4.75. The van der Waals surface area contributed by atoms with Crippen LogP contribution in [-0.2, 0) is 9.53 Å². The lowest BCUT2D eigenvalue weighted by Crippen LogP contribution is -2.33. The molecule has 3 rings (SSSR count). The monoisotopic (exact) mass is 361 g/mol. The molecule has 0 aromatic heterocycles. The number of anilines is 2. The van der Waals surface area contributed by atoms with Crippen LogP contribution in [0.3, 0.4) is 0 Å². The zero-order chi connectivity index (χ0) is 18.8. The molecule has 0 aliphatic carbocycles. The number of nitrogens with two attached hydrogens (primary N) is 1. The van der Waals surface area contributed by atoms with E-state index in [1.165, 1.54) is 19.1 Å². The first kappa shape index (κ1) is 17.7. The van der Waals surface area contributed by atoms with E-state index in [9.17, 15) is 18.4 Å². The highest BCUT2D eigenvalue weighted by atomic mass is 19.1. The van der Waals surface area contributed by atoms with Crippen LogP contribution in [0.5, 0.6) is 0 Å². The number of ether oxygens (including phenoxy) is 1. The minimum absolute atomic E-state index is 0.0505. The number of benzene rings is 2.